The lowest BCUT2D eigenvalue weighted by molar-refractivity contribution is 0.625. The van der Waals surface area contributed by atoms with Crippen LogP contribution < -0.4 is 4.90 Å². The number of amidine groups is 1. The first kappa shape index (κ1) is 16.7. The SMILES string of the molecule is CC=C1C(C)=NN=C2CN=C(c3ccccc3F)c3cc(Cl)ccc3N12. The summed E-state index contributed by atoms with van der Waals surface area (Å²) in [5.41, 5.74) is 4.37. The van der Waals surface area contributed by atoms with Crippen molar-refractivity contribution in [1.29, 1.82) is 0 Å². The summed E-state index contributed by atoms with van der Waals surface area (Å²) < 4.78 is 14.5. The van der Waals surface area contributed by atoms with Crippen LogP contribution in [0.25, 0.3) is 0 Å². The predicted octanol–water partition coefficient (Wildman–Crippen LogP) is 4.83. The number of benzene rings is 2. The number of hydrogen-bond acceptors (Lipinski definition) is 4. The van der Waals surface area contributed by atoms with E-state index in [2.05, 4.69) is 15.2 Å². The lowest BCUT2D eigenvalue weighted by Gasteiger charge is -2.30. The summed E-state index contributed by atoms with van der Waals surface area (Å²) in [4.78, 5) is 6.68. The van der Waals surface area contributed by atoms with Crippen LogP contribution in [0.3, 0.4) is 0 Å². The molecule has 0 spiro atoms. The zero-order valence-electron chi connectivity index (χ0n) is 14.4. The Kier molecular flexibility index (Phi) is 4.17. The maximum absolute atomic E-state index is 14.5. The molecule has 0 saturated heterocycles. The van der Waals surface area contributed by atoms with Gasteiger partial charge in [0.1, 0.15) is 12.4 Å². The molecule has 0 amide bonds. The number of anilines is 1. The highest BCUT2D eigenvalue weighted by atomic mass is 35.5. The third-order valence-corrected chi connectivity index (χ3v) is 4.66. The van der Waals surface area contributed by atoms with Crippen molar-refractivity contribution in [2.45, 2.75) is 13.8 Å². The Morgan fingerprint density at radius 1 is 1.12 bits per heavy atom. The van der Waals surface area contributed by atoms with E-state index in [-0.39, 0.29) is 5.82 Å². The molecule has 0 N–H and O–H groups in total. The summed E-state index contributed by atoms with van der Waals surface area (Å²) in [6.07, 6.45) is 1.99. The predicted molar refractivity (Wildman–Crippen MR) is 105 cm³/mol. The molecule has 0 radical (unpaired) electrons. The first-order valence-corrected chi connectivity index (χ1v) is 8.65. The number of nitrogens with zero attached hydrogens (tertiary/aromatic N) is 4. The van der Waals surface area contributed by atoms with Crippen molar-refractivity contribution in [2.24, 2.45) is 15.2 Å². The minimum atomic E-state index is -0.322. The molecule has 0 aliphatic carbocycles. The van der Waals surface area contributed by atoms with E-state index < -0.39 is 0 Å². The van der Waals surface area contributed by atoms with E-state index in [4.69, 9.17) is 11.6 Å². The molecule has 4 rings (SSSR count). The van der Waals surface area contributed by atoms with Crippen molar-refractivity contribution in [3.63, 3.8) is 0 Å². The van der Waals surface area contributed by atoms with Gasteiger partial charge in [-0.25, -0.2) is 4.39 Å². The summed E-state index contributed by atoms with van der Waals surface area (Å²) in [6, 6.07) is 12.2. The lowest BCUT2D eigenvalue weighted by Crippen LogP contribution is -2.36. The molecule has 0 fully saturated rings. The topological polar surface area (TPSA) is 40.3 Å². The second-order valence-corrected chi connectivity index (χ2v) is 6.45. The van der Waals surface area contributed by atoms with Crippen LogP contribution in [-0.2, 0) is 0 Å². The van der Waals surface area contributed by atoms with Crippen LogP contribution in [0.4, 0.5) is 10.1 Å². The molecule has 26 heavy (non-hydrogen) atoms. The van der Waals surface area contributed by atoms with Crippen LogP contribution in [0.5, 0.6) is 0 Å². The van der Waals surface area contributed by atoms with Crippen LogP contribution in [0, 0.1) is 5.82 Å². The second kappa shape index (κ2) is 6.50. The molecule has 0 saturated carbocycles. The lowest BCUT2D eigenvalue weighted by atomic mass is 9.99. The van der Waals surface area contributed by atoms with Gasteiger partial charge in [0.05, 0.1) is 22.8 Å². The Morgan fingerprint density at radius 3 is 2.69 bits per heavy atom. The molecule has 0 atom stereocenters. The van der Waals surface area contributed by atoms with Crippen LogP contribution in [0.15, 0.2) is 69.4 Å². The fourth-order valence-electron chi connectivity index (χ4n) is 3.25. The smallest absolute Gasteiger partial charge is 0.158 e. The molecular weight excluding hydrogens is 351 g/mol. The molecule has 2 aromatic carbocycles. The Bertz CT molecular complexity index is 1020. The number of fused-ring (bicyclic) bond motifs is 3. The molecule has 2 aromatic rings. The van der Waals surface area contributed by atoms with Gasteiger partial charge in [-0.3, -0.25) is 9.89 Å². The molecule has 130 valence electrons. The minimum Gasteiger partial charge on any atom is -0.293 e. The van der Waals surface area contributed by atoms with Gasteiger partial charge in [-0.2, -0.15) is 5.10 Å². The largest absolute Gasteiger partial charge is 0.293 e. The van der Waals surface area contributed by atoms with Crippen LogP contribution in [-0.4, -0.2) is 23.8 Å². The maximum atomic E-state index is 14.5. The molecule has 2 aliphatic heterocycles. The highest BCUT2D eigenvalue weighted by Crippen LogP contribution is 2.34. The fourth-order valence-corrected chi connectivity index (χ4v) is 3.42. The average Bonchev–Trinajstić information content (AvgIpc) is 2.79. The Balaban J connectivity index is 1.99. The van der Waals surface area contributed by atoms with Crippen molar-refractivity contribution < 1.29 is 4.39 Å². The van der Waals surface area contributed by atoms with E-state index in [9.17, 15) is 4.39 Å². The molecule has 2 aliphatic rings. The number of halogens is 2. The molecule has 0 unspecified atom stereocenters. The van der Waals surface area contributed by atoms with Crippen molar-refractivity contribution in [3.05, 3.63) is 76.2 Å². The van der Waals surface area contributed by atoms with Gasteiger partial charge in [0.25, 0.3) is 0 Å². The van der Waals surface area contributed by atoms with Gasteiger partial charge in [-0.05, 0) is 44.2 Å². The van der Waals surface area contributed by atoms with E-state index in [1.165, 1.54) is 6.07 Å². The quantitative estimate of drug-likeness (QED) is 0.712. The monoisotopic (exact) mass is 366 g/mol. The number of allylic oxidation sites excluding steroid dienone is 2. The molecule has 0 aromatic heterocycles. The zero-order chi connectivity index (χ0) is 18.3. The van der Waals surface area contributed by atoms with Gasteiger partial charge in [0, 0.05) is 16.1 Å². The van der Waals surface area contributed by atoms with Crippen molar-refractivity contribution in [1.82, 2.24) is 0 Å². The minimum absolute atomic E-state index is 0.296. The van der Waals surface area contributed by atoms with Crippen LogP contribution in [0.2, 0.25) is 5.02 Å². The molecule has 6 heteroatoms. The van der Waals surface area contributed by atoms with E-state index in [0.717, 1.165) is 22.7 Å². The third-order valence-electron chi connectivity index (χ3n) is 4.42. The molecular formula is C20H16ClFN4. The fraction of sp³-hybridized carbons (Fsp3) is 0.150. The van der Waals surface area contributed by atoms with Gasteiger partial charge in [0.15, 0.2) is 5.84 Å². The number of aliphatic imine (C=N–C) groups is 1. The van der Waals surface area contributed by atoms with Gasteiger partial charge < -0.3 is 0 Å². The molecule has 0 bridgehead atoms. The van der Waals surface area contributed by atoms with Gasteiger partial charge in [0.2, 0.25) is 0 Å². The van der Waals surface area contributed by atoms with E-state index in [1.54, 1.807) is 18.2 Å². The standard InChI is InChI=1S/C20H16ClFN4/c1-3-17-12(2)24-25-19-11-23-20(14-6-4-5-7-16(14)22)15-10-13(21)8-9-18(15)26(17)19/h3-10H,11H2,1-2H3. The van der Waals surface area contributed by atoms with E-state index >= 15 is 0 Å². The summed E-state index contributed by atoms with van der Waals surface area (Å²) in [5, 5.41) is 9.12. The zero-order valence-corrected chi connectivity index (χ0v) is 15.1. The summed E-state index contributed by atoms with van der Waals surface area (Å²) >= 11 is 6.26. The average molecular weight is 367 g/mol. The Labute approximate surface area is 156 Å². The number of rotatable bonds is 1. The normalized spacial score (nSPS) is 17.8. The van der Waals surface area contributed by atoms with Gasteiger partial charge in [-0.15, -0.1) is 5.10 Å². The third kappa shape index (κ3) is 2.65. The van der Waals surface area contributed by atoms with Gasteiger partial charge >= 0.3 is 0 Å². The van der Waals surface area contributed by atoms with Crippen molar-refractivity contribution >= 4 is 34.5 Å². The number of hydrogen-bond donors (Lipinski definition) is 0. The van der Waals surface area contributed by atoms with Crippen molar-refractivity contribution in [3.8, 4) is 0 Å². The highest BCUT2D eigenvalue weighted by molar-refractivity contribution is 6.32. The summed E-state index contributed by atoms with van der Waals surface area (Å²) in [7, 11) is 0. The summed E-state index contributed by atoms with van der Waals surface area (Å²) in [6.45, 7) is 4.16. The van der Waals surface area contributed by atoms with Crippen molar-refractivity contribution in [2.75, 3.05) is 11.4 Å². The first-order chi connectivity index (χ1) is 12.6. The van der Waals surface area contributed by atoms with Crippen LogP contribution in [0.1, 0.15) is 25.0 Å². The molecule has 2 heterocycles. The summed E-state index contributed by atoms with van der Waals surface area (Å²) in [5.74, 6) is 0.372. The first-order valence-electron chi connectivity index (χ1n) is 8.27. The van der Waals surface area contributed by atoms with E-state index in [1.807, 2.05) is 43.0 Å². The Morgan fingerprint density at radius 2 is 1.92 bits per heavy atom. The van der Waals surface area contributed by atoms with Crippen LogP contribution >= 0.6 is 11.6 Å². The second-order valence-electron chi connectivity index (χ2n) is 6.02. The highest BCUT2D eigenvalue weighted by Gasteiger charge is 2.30. The molecule has 4 nitrogen and oxygen atoms in total. The van der Waals surface area contributed by atoms with E-state index in [0.29, 0.717) is 28.7 Å². The maximum Gasteiger partial charge on any atom is 0.158 e. The Hall–Kier alpha value is -2.79. The van der Waals surface area contributed by atoms with Gasteiger partial charge in [-0.1, -0.05) is 29.8 Å².